The van der Waals surface area contributed by atoms with E-state index in [1.165, 1.54) is 18.1 Å². The normalized spacial score (nSPS) is 13.3. The molecule has 4 rings (SSSR count). The highest BCUT2D eigenvalue weighted by Crippen LogP contribution is 2.33. The maximum Gasteiger partial charge on any atom is 0.278 e. The second kappa shape index (κ2) is 7.92. The fourth-order valence-corrected chi connectivity index (χ4v) is 4.68. The van der Waals surface area contributed by atoms with Gasteiger partial charge < -0.3 is 4.90 Å². The molecule has 150 valence electrons. The Morgan fingerprint density at radius 3 is 2.76 bits per heavy atom. The van der Waals surface area contributed by atoms with Crippen LogP contribution >= 0.6 is 11.8 Å². The zero-order valence-electron chi connectivity index (χ0n) is 15.8. The lowest BCUT2D eigenvalue weighted by molar-refractivity contribution is 0.0982. The van der Waals surface area contributed by atoms with Crippen molar-refractivity contribution in [2.24, 2.45) is 0 Å². The Morgan fingerprint density at radius 1 is 1.21 bits per heavy atom. The first-order valence-corrected chi connectivity index (χ1v) is 11.9. The third-order valence-electron chi connectivity index (χ3n) is 4.56. The van der Waals surface area contributed by atoms with Crippen molar-refractivity contribution < 1.29 is 13.2 Å². The van der Waals surface area contributed by atoms with Crippen molar-refractivity contribution in [2.45, 2.75) is 17.1 Å². The van der Waals surface area contributed by atoms with Crippen LogP contribution in [0.5, 0.6) is 0 Å². The van der Waals surface area contributed by atoms with Crippen LogP contribution in [0.25, 0.3) is 0 Å². The van der Waals surface area contributed by atoms with Crippen LogP contribution in [0, 0.1) is 0 Å². The van der Waals surface area contributed by atoms with Crippen molar-refractivity contribution in [3.63, 3.8) is 0 Å². The average molecular weight is 429 g/mol. The first-order chi connectivity index (χ1) is 13.9. The number of aromatic nitrogens is 2. The highest BCUT2D eigenvalue weighted by molar-refractivity contribution is 7.98. The van der Waals surface area contributed by atoms with Crippen molar-refractivity contribution in [1.29, 1.82) is 0 Å². The first kappa shape index (κ1) is 19.5. The molecule has 1 amide bonds. The number of benzene rings is 2. The maximum absolute atomic E-state index is 13.0. The van der Waals surface area contributed by atoms with Crippen molar-refractivity contribution in [2.75, 3.05) is 22.5 Å². The molecule has 0 saturated heterocycles. The van der Waals surface area contributed by atoms with Crippen LogP contribution in [0.2, 0.25) is 0 Å². The molecule has 7 nitrogen and oxygen atoms in total. The standard InChI is InChI=1S/C20H20N4O3S2/c1-29(26,27)22-24-14-21-12-19(24)20(25)23-10-9-16-11-17(7-8-18(16)23)28-13-15-5-3-2-4-6-15/h2-8,11-12,14,22H,9-10,13H2,1H3. The van der Waals surface area contributed by atoms with E-state index < -0.39 is 10.0 Å². The van der Waals surface area contributed by atoms with E-state index in [1.807, 2.05) is 30.3 Å². The van der Waals surface area contributed by atoms with Gasteiger partial charge in [-0.3, -0.25) is 4.79 Å². The van der Waals surface area contributed by atoms with Crippen LogP contribution in [-0.2, 0) is 22.2 Å². The molecule has 2 aromatic carbocycles. The van der Waals surface area contributed by atoms with Gasteiger partial charge in [-0.05, 0) is 35.7 Å². The Morgan fingerprint density at radius 2 is 2.00 bits per heavy atom. The molecule has 29 heavy (non-hydrogen) atoms. The lowest BCUT2D eigenvalue weighted by Crippen LogP contribution is -2.33. The fraction of sp³-hybridized carbons (Fsp3) is 0.200. The fourth-order valence-electron chi connectivity index (χ4n) is 3.26. The average Bonchev–Trinajstić information content (AvgIpc) is 3.32. The number of hydrogen-bond acceptors (Lipinski definition) is 5. The minimum Gasteiger partial charge on any atom is -0.306 e. The molecule has 1 N–H and O–H groups in total. The summed E-state index contributed by atoms with van der Waals surface area (Å²) in [6.45, 7) is 0.547. The largest absolute Gasteiger partial charge is 0.306 e. The lowest BCUT2D eigenvalue weighted by atomic mass is 10.2. The number of carbonyl (C=O) groups excluding carboxylic acids is 1. The number of carbonyl (C=O) groups is 1. The maximum atomic E-state index is 13.0. The zero-order valence-corrected chi connectivity index (χ0v) is 17.4. The predicted molar refractivity (Wildman–Crippen MR) is 114 cm³/mol. The number of nitrogens with one attached hydrogen (secondary N) is 1. The van der Waals surface area contributed by atoms with Gasteiger partial charge in [0.15, 0.2) is 0 Å². The second-order valence-electron chi connectivity index (χ2n) is 6.78. The van der Waals surface area contributed by atoms with Crippen molar-refractivity contribution in [1.82, 2.24) is 9.66 Å². The number of fused-ring (bicyclic) bond motifs is 1. The van der Waals surface area contributed by atoms with Gasteiger partial charge in [-0.15, -0.1) is 11.8 Å². The summed E-state index contributed by atoms with van der Waals surface area (Å²) in [7, 11) is -3.52. The first-order valence-electron chi connectivity index (χ1n) is 9.02. The Hall–Kier alpha value is -2.78. The van der Waals surface area contributed by atoms with Gasteiger partial charge in [0.1, 0.15) is 12.0 Å². The van der Waals surface area contributed by atoms with E-state index in [2.05, 4.69) is 28.0 Å². The molecule has 0 saturated carbocycles. The molecule has 2 heterocycles. The minimum atomic E-state index is -3.52. The Bertz CT molecular complexity index is 1140. The quantitative estimate of drug-likeness (QED) is 0.611. The number of nitrogens with zero attached hydrogens (tertiary/aromatic N) is 3. The van der Waals surface area contributed by atoms with Crippen LogP contribution < -0.4 is 9.73 Å². The molecule has 1 aliphatic heterocycles. The molecule has 1 aromatic heterocycles. The summed E-state index contributed by atoms with van der Waals surface area (Å²) in [5.74, 6) is 0.598. The Balaban J connectivity index is 1.51. The van der Waals surface area contributed by atoms with E-state index in [9.17, 15) is 13.2 Å². The number of sulfonamides is 1. The summed E-state index contributed by atoms with van der Waals surface area (Å²) in [5.41, 5.74) is 3.40. The van der Waals surface area contributed by atoms with Crippen molar-refractivity contribution in [3.05, 3.63) is 77.9 Å². The highest BCUT2D eigenvalue weighted by Gasteiger charge is 2.28. The lowest BCUT2D eigenvalue weighted by Gasteiger charge is -2.18. The third-order valence-corrected chi connectivity index (χ3v) is 6.16. The molecule has 0 atom stereocenters. The molecule has 0 bridgehead atoms. The van der Waals surface area contributed by atoms with Gasteiger partial charge in [-0.25, -0.2) is 22.9 Å². The number of thioether (sulfide) groups is 1. The predicted octanol–water partition coefficient (Wildman–Crippen LogP) is 2.88. The van der Waals surface area contributed by atoms with E-state index in [0.717, 1.165) is 39.3 Å². The van der Waals surface area contributed by atoms with E-state index in [4.69, 9.17) is 0 Å². The Labute approximate surface area is 173 Å². The van der Waals surface area contributed by atoms with Crippen LogP contribution in [-0.4, -0.2) is 36.8 Å². The van der Waals surface area contributed by atoms with Crippen molar-refractivity contribution in [3.8, 4) is 0 Å². The van der Waals surface area contributed by atoms with E-state index in [1.54, 1.807) is 16.7 Å². The van der Waals surface area contributed by atoms with Gasteiger partial charge in [0.05, 0.1) is 12.5 Å². The summed E-state index contributed by atoms with van der Waals surface area (Å²) < 4.78 is 24.2. The number of hydrogen-bond donors (Lipinski definition) is 1. The third kappa shape index (κ3) is 4.46. The monoisotopic (exact) mass is 428 g/mol. The number of amides is 1. The van der Waals surface area contributed by atoms with E-state index in [0.29, 0.717) is 6.54 Å². The molecule has 1 aliphatic rings. The van der Waals surface area contributed by atoms with E-state index in [-0.39, 0.29) is 11.6 Å². The van der Waals surface area contributed by atoms with Gasteiger partial charge in [-0.2, -0.15) is 0 Å². The summed E-state index contributed by atoms with van der Waals surface area (Å²) in [6.07, 6.45) is 4.42. The molecule has 0 unspecified atom stereocenters. The molecule has 0 spiro atoms. The summed E-state index contributed by atoms with van der Waals surface area (Å²) in [4.78, 5) is 22.0. The highest BCUT2D eigenvalue weighted by atomic mass is 32.2. The van der Waals surface area contributed by atoms with Gasteiger partial charge in [0.25, 0.3) is 5.91 Å². The van der Waals surface area contributed by atoms with Crippen LogP contribution in [0.15, 0.2) is 66.0 Å². The molecular formula is C20H20N4O3S2. The SMILES string of the molecule is CS(=O)(=O)Nn1cncc1C(=O)N1CCc2cc(SCc3ccccc3)ccc21. The number of rotatable bonds is 6. The summed E-state index contributed by atoms with van der Waals surface area (Å²) >= 11 is 1.76. The van der Waals surface area contributed by atoms with Gasteiger partial charge in [0.2, 0.25) is 10.0 Å². The minimum absolute atomic E-state index is 0.172. The molecule has 0 radical (unpaired) electrons. The van der Waals surface area contributed by atoms with Crippen LogP contribution in [0.4, 0.5) is 5.69 Å². The van der Waals surface area contributed by atoms with Crippen LogP contribution in [0.1, 0.15) is 21.6 Å². The summed E-state index contributed by atoms with van der Waals surface area (Å²) in [6, 6.07) is 16.4. The number of imidazole rings is 1. The molecule has 3 aromatic rings. The Kier molecular flexibility index (Phi) is 5.33. The number of anilines is 1. The second-order valence-corrected chi connectivity index (χ2v) is 9.56. The van der Waals surface area contributed by atoms with E-state index >= 15 is 0 Å². The zero-order chi connectivity index (χ0) is 20.4. The van der Waals surface area contributed by atoms with Crippen molar-refractivity contribution >= 4 is 33.4 Å². The topological polar surface area (TPSA) is 84.3 Å². The van der Waals surface area contributed by atoms with Gasteiger partial charge >= 0.3 is 0 Å². The molecule has 0 fully saturated rings. The van der Waals surface area contributed by atoms with Gasteiger partial charge in [0, 0.05) is 22.9 Å². The molecular weight excluding hydrogens is 408 g/mol. The smallest absolute Gasteiger partial charge is 0.278 e. The molecule has 0 aliphatic carbocycles. The van der Waals surface area contributed by atoms with Crippen LogP contribution in [0.3, 0.4) is 0 Å². The van der Waals surface area contributed by atoms with Gasteiger partial charge in [-0.1, -0.05) is 30.3 Å². The molecule has 9 heteroatoms. The summed E-state index contributed by atoms with van der Waals surface area (Å²) in [5, 5.41) is 0.